The highest BCUT2D eigenvalue weighted by atomic mass is 31.3. The number of nitrogens with two attached hydrogens (primary N) is 1. The zero-order valence-electron chi connectivity index (χ0n) is 21.2. The van der Waals surface area contributed by atoms with Crippen LogP contribution in [0, 0.1) is 0 Å². The summed E-state index contributed by atoms with van der Waals surface area (Å²) in [7, 11) is -11.4. The van der Waals surface area contributed by atoms with Crippen molar-refractivity contribution in [2.75, 3.05) is 12.3 Å². The van der Waals surface area contributed by atoms with Gasteiger partial charge in [0.05, 0.1) is 24.7 Å². The summed E-state index contributed by atoms with van der Waals surface area (Å²) in [5, 5.41) is 58.3. The predicted molar refractivity (Wildman–Crippen MR) is 127 cm³/mol. The van der Waals surface area contributed by atoms with Crippen LogP contribution < -0.4 is 21.1 Å². The Morgan fingerprint density at radius 2 is 1.79 bits per heavy atom. The van der Waals surface area contributed by atoms with Gasteiger partial charge in [-0.15, -0.1) is 5.10 Å². The number of ether oxygens (including phenoxy) is 1. The Hall–Kier alpha value is -2.69. The molecule has 8 N–H and O–H groups in total. The third kappa shape index (κ3) is 5.65. The maximum absolute atomic E-state index is 12.2. The fraction of sp³-hybridized carbons (Fsp3) is 0.611. The van der Waals surface area contributed by atoms with Gasteiger partial charge in [-0.2, -0.15) is 4.98 Å². The molecule has 0 spiro atoms. The van der Waals surface area contributed by atoms with E-state index in [4.69, 9.17) is 10.5 Å². The van der Waals surface area contributed by atoms with Gasteiger partial charge in [0, 0.05) is 0 Å². The Bertz CT molecular complexity index is 1630. The van der Waals surface area contributed by atoms with Gasteiger partial charge in [-0.3, -0.25) is 23.5 Å². The van der Waals surface area contributed by atoms with Crippen molar-refractivity contribution in [3.8, 4) is 0 Å². The van der Waals surface area contributed by atoms with Crippen LogP contribution in [0.15, 0.2) is 11.1 Å². The van der Waals surface area contributed by atoms with Crippen molar-refractivity contribution in [1.29, 1.82) is 0 Å². The molecular weight excluding hydrogens is 614 g/mol. The summed E-state index contributed by atoms with van der Waals surface area (Å²) in [5.74, 6) is -0.276. The Balaban J connectivity index is 1.21. The fourth-order valence-corrected chi connectivity index (χ4v) is 6.49. The van der Waals surface area contributed by atoms with Gasteiger partial charge < -0.3 is 54.8 Å². The number of aromatic amines is 1. The highest BCUT2D eigenvalue weighted by Crippen LogP contribution is 2.56. The number of aromatic nitrogens is 7. The first-order valence-corrected chi connectivity index (χ1v) is 14.9. The van der Waals surface area contributed by atoms with E-state index < -0.39 is 83.3 Å². The maximum Gasteiger partial charge on any atom is 0.280 e. The predicted octanol–water partition coefficient (Wildman–Crippen LogP) is -4.57. The van der Waals surface area contributed by atoms with Gasteiger partial charge in [-0.05, 0) is 6.92 Å². The molecular formula is C18H24N8O14P2-2. The highest BCUT2D eigenvalue weighted by molar-refractivity contribution is 7.59. The van der Waals surface area contributed by atoms with E-state index in [1.807, 2.05) is 0 Å². The van der Waals surface area contributed by atoms with Crippen LogP contribution in [0.4, 0.5) is 5.95 Å². The Morgan fingerprint density at radius 3 is 2.50 bits per heavy atom. The first kappa shape index (κ1) is 30.8. The number of phosphoric ester groups is 2. The van der Waals surface area contributed by atoms with Crippen molar-refractivity contribution in [2.45, 2.75) is 62.4 Å². The molecule has 1 fully saturated rings. The highest BCUT2D eigenvalue weighted by Gasteiger charge is 2.45. The van der Waals surface area contributed by atoms with E-state index in [2.05, 4.69) is 38.6 Å². The van der Waals surface area contributed by atoms with Crippen molar-refractivity contribution < 1.29 is 62.5 Å². The lowest BCUT2D eigenvalue weighted by atomic mass is 9.94. The van der Waals surface area contributed by atoms with Gasteiger partial charge in [0.15, 0.2) is 17.4 Å². The molecule has 0 amide bonds. The number of hydrogen-bond acceptors (Lipinski definition) is 19. The minimum Gasteiger partial charge on any atom is -0.756 e. The summed E-state index contributed by atoms with van der Waals surface area (Å²) in [6, 6.07) is -0.846. The third-order valence-electron chi connectivity index (χ3n) is 6.66. The van der Waals surface area contributed by atoms with Crippen molar-refractivity contribution >= 4 is 32.8 Å². The fourth-order valence-electron chi connectivity index (χ4n) is 4.52. The number of phosphoric acid groups is 2. The number of anilines is 1. The molecule has 24 heteroatoms. The summed E-state index contributed by atoms with van der Waals surface area (Å²) in [6.07, 6.45) is -10.1. The molecule has 0 bridgehead atoms. The van der Waals surface area contributed by atoms with E-state index in [0.717, 1.165) is 15.6 Å². The minimum atomic E-state index is -5.69. The molecule has 0 aromatic carbocycles. The number of nitrogen functional groups attached to an aromatic ring is 1. The first-order chi connectivity index (χ1) is 19.6. The van der Waals surface area contributed by atoms with E-state index in [1.165, 1.54) is 6.92 Å². The summed E-state index contributed by atoms with van der Waals surface area (Å²) < 4.78 is 45.1. The second-order valence-corrected chi connectivity index (χ2v) is 12.4. The molecule has 22 nitrogen and oxygen atoms in total. The van der Waals surface area contributed by atoms with Gasteiger partial charge >= 0.3 is 0 Å². The third-order valence-corrected chi connectivity index (χ3v) is 9.17. The van der Waals surface area contributed by atoms with Crippen LogP contribution in [0.2, 0.25) is 0 Å². The molecule has 6 unspecified atom stereocenters. The number of hydrogen-bond donors (Lipinski definition) is 7. The number of imidazole rings is 1. The summed E-state index contributed by atoms with van der Waals surface area (Å²) in [6.45, 7) is -0.546. The standard InChI is InChI=1S/C18H26N8O14P2/c1-5-10(27)13(30)12(29)9-6(23-24-26(5)9)2-37-41(33,34)40-42(35,36)38-3-7-11(28)14(31)17(39-7)25-4-20-8-15(25)21-18(19)22-16(8)32/h4-5,7,10-14,17,27-31H,2-3H2,1H3,(H,33,34)(H,35,36)(H3,19,21,22,32)/p-2/t5-,7+,10+,11?,12?,13?,14?,17+/m0/s1. The lowest BCUT2D eigenvalue weighted by molar-refractivity contribution is -0.246. The molecule has 2 aliphatic rings. The molecule has 1 saturated heterocycles. The van der Waals surface area contributed by atoms with E-state index >= 15 is 0 Å². The number of rotatable bonds is 9. The zero-order valence-corrected chi connectivity index (χ0v) is 23.0. The second-order valence-electron chi connectivity index (χ2n) is 9.40. The first-order valence-electron chi connectivity index (χ1n) is 11.9. The van der Waals surface area contributed by atoms with Crippen molar-refractivity contribution in [3.63, 3.8) is 0 Å². The molecule has 2 aliphatic heterocycles. The number of fused-ring (bicyclic) bond motifs is 2. The molecule has 0 aliphatic carbocycles. The topological polar surface area (TPSA) is 339 Å². The quantitative estimate of drug-likeness (QED) is 0.108. The monoisotopic (exact) mass is 638 g/mol. The van der Waals surface area contributed by atoms with Crippen LogP contribution in [0.3, 0.4) is 0 Å². The van der Waals surface area contributed by atoms with Crippen LogP contribution in [-0.4, -0.2) is 97.2 Å². The van der Waals surface area contributed by atoms with E-state index in [-0.39, 0.29) is 28.5 Å². The number of nitrogens with one attached hydrogen (secondary N) is 1. The average molecular weight is 638 g/mol. The zero-order chi connectivity index (χ0) is 30.7. The summed E-state index contributed by atoms with van der Waals surface area (Å²) in [4.78, 5) is 46.4. The maximum atomic E-state index is 12.2. The minimum absolute atomic E-state index is 0.113. The molecule has 0 saturated carbocycles. The van der Waals surface area contributed by atoms with Gasteiger partial charge in [0.1, 0.15) is 48.9 Å². The molecule has 232 valence electrons. The second kappa shape index (κ2) is 11.1. The van der Waals surface area contributed by atoms with Gasteiger partial charge in [-0.25, -0.2) is 14.0 Å². The molecule has 10 atom stereocenters. The number of aliphatic hydroxyl groups is 5. The molecule has 5 rings (SSSR count). The van der Waals surface area contributed by atoms with Crippen LogP contribution in [0.25, 0.3) is 11.2 Å². The summed E-state index contributed by atoms with van der Waals surface area (Å²) >= 11 is 0. The smallest absolute Gasteiger partial charge is 0.280 e. The molecule has 3 aromatic heterocycles. The number of aliphatic hydroxyl groups excluding tert-OH is 5. The molecule has 0 radical (unpaired) electrons. The van der Waals surface area contributed by atoms with E-state index in [9.17, 15) is 49.2 Å². The summed E-state index contributed by atoms with van der Waals surface area (Å²) in [5.41, 5.74) is 4.10. The Labute approximate surface area is 233 Å². The normalized spacial score (nSPS) is 32.5. The molecule has 3 aromatic rings. The Morgan fingerprint density at radius 1 is 1.10 bits per heavy atom. The van der Waals surface area contributed by atoms with Crippen molar-refractivity contribution in [3.05, 3.63) is 28.1 Å². The number of nitrogens with zero attached hydrogens (tertiary/aromatic N) is 6. The van der Waals surface area contributed by atoms with E-state index in [0.29, 0.717) is 0 Å². The van der Waals surface area contributed by atoms with Crippen LogP contribution in [-0.2, 0) is 33.8 Å². The average Bonchev–Trinajstić information content (AvgIpc) is 3.60. The van der Waals surface area contributed by atoms with Crippen LogP contribution >= 0.6 is 15.6 Å². The molecule has 5 heterocycles. The van der Waals surface area contributed by atoms with Gasteiger partial charge in [-0.1, -0.05) is 5.21 Å². The van der Waals surface area contributed by atoms with E-state index in [1.54, 1.807) is 0 Å². The van der Waals surface area contributed by atoms with Crippen LogP contribution in [0.1, 0.15) is 36.7 Å². The lowest BCUT2D eigenvalue weighted by Crippen LogP contribution is -2.44. The van der Waals surface area contributed by atoms with Crippen LogP contribution in [0.5, 0.6) is 0 Å². The Kier molecular flexibility index (Phi) is 8.13. The van der Waals surface area contributed by atoms with Gasteiger partial charge in [0.25, 0.3) is 21.2 Å². The lowest BCUT2D eigenvalue weighted by Gasteiger charge is -2.34. The van der Waals surface area contributed by atoms with Gasteiger partial charge in [0.2, 0.25) is 5.95 Å². The van der Waals surface area contributed by atoms with Crippen molar-refractivity contribution in [1.82, 2.24) is 34.5 Å². The largest absolute Gasteiger partial charge is 0.756 e. The van der Waals surface area contributed by atoms with Crippen molar-refractivity contribution in [2.24, 2.45) is 0 Å². The SMILES string of the molecule is C[C@H]1[C@@H](O)C(O)C(O)c2c(COP(=O)([O-])OP(=O)([O-])OC[C@H]3O[C@@H](n4cnc5c(=O)[nH]c(N)nc54)C(O)C3O)nnn21. The molecule has 42 heavy (non-hydrogen) atoms. The number of H-pyrrole nitrogens is 1.